The summed E-state index contributed by atoms with van der Waals surface area (Å²) in [6.45, 7) is 1.59. The van der Waals surface area contributed by atoms with Crippen molar-refractivity contribution in [3.8, 4) is 0 Å². The highest BCUT2D eigenvalue weighted by Gasteiger charge is 2.36. The molecule has 1 amide bonds. The maximum absolute atomic E-state index is 12.8. The van der Waals surface area contributed by atoms with Crippen molar-refractivity contribution in [1.82, 2.24) is 4.98 Å². The number of anilines is 2. The summed E-state index contributed by atoms with van der Waals surface area (Å²) in [4.78, 5) is 16.7. The van der Waals surface area contributed by atoms with Gasteiger partial charge < -0.3 is 5.32 Å². The van der Waals surface area contributed by atoms with E-state index >= 15 is 0 Å². The lowest BCUT2D eigenvalue weighted by atomic mass is 10.1. The van der Waals surface area contributed by atoms with Gasteiger partial charge in [-0.25, -0.2) is 13.4 Å². The smallest absolute Gasteiger partial charge is 0.265 e. The first-order valence-corrected chi connectivity index (χ1v) is 9.18. The van der Waals surface area contributed by atoms with Crippen LogP contribution in [0.1, 0.15) is 5.56 Å². The normalized spacial score (nSPS) is 14.7. The van der Waals surface area contributed by atoms with Crippen LogP contribution in [0.5, 0.6) is 0 Å². The maximum atomic E-state index is 12.8. The number of hydrogen-bond donors (Lipinski definition) is 1. The minimum Gasteiger partial charge on any atom is -0.309 e. The molecule has 1 aliphatic rings. The Morgan fingerprint density at radius 1 is 1.16 bits per heavy atom. The summed E-state index contributed by atoms with van der Waals surface area (Å²) >= 11 is 0. The number of nitrogens with zero attached hydrogens (tertiary/aromatic N) is 2. The quantitative estimate of drug-likeness (QED) is 0.785. The molecule has 1 N–H and O–H groups in total. The maximum Gasteiger partial charge on any atom is 0.265 e. The number of carbonyl (C=O) groups excluding carboxylic acids is 1. The Morgan fingerprint density at radius 3 is 2.68 bits per heavy atom. The topological polar surface area (TPSA) is 79.4 Å². The van der Waals surface area contributed by atoms with Gasteiger partial charge in [-0.2, -0.15) is 0 Å². The molecule has 0 fully saturated rings. The second kappa shape index (κ2) is 5.56. The molecule has 2 heterocycles. The molecule has 126 valence electrons. The van der Waals surface area contributed by atoms with E-state index in [2.05, 4.69) is 10.3 Å². The molecule has 0 atom stereocenters. The van der Waals surface area contributed by atoms with Crippen LogP contribution in [0.25, 0.3) is 10.8 Å². The van der Waals surface area contributed by atoms with Gasteiger partial charge in [0, 0.05) is 11.6 Å². The minimum absolute atomic E-state index is 0.238. The zero-order valence-corrected chi connectivity index (χ0v) is 14.2. The zero-order valence-electron chi connectivity index (χ0n) is 13.4. The predicted molar refractivity (Wildman–Crippen MR) is 96.1 cm³/mol. The van der Waals surface area contributed by atoms with Gasteiger partial charge in [0.25, 0.3) is 10.0 Å². The van der Waals surface area contributed by atoms with E-state index in [-0.39, 0.29) is 11.4 Å². The lowest BCUT2D eigenvalue weighted by Crippen LogP contribution is -2.35. The van der Waals surface area contributed by atoms with Crippen LogP contribution in [0.3, 0.4) is 0 Å². The highest BCUT2D eigenvalue weighted by atomic mass is 32.2. The van der Waals surface area contributed by atoms with E-state index in [4.69, 9.17) is 0 Å². The van der Waals surface area contributed by atoms with Gasteiger partial charge in [-0.3, -0.25) is 9.10 Å². The third-order valence-corrected chi connectivity index (χ3v) is 5.95. The van der Waals surface area contributed by atoms with Gasteiger partial charge in [0.15, 0.2) is 0 Å². The molecule has 1 aliphatic heterocycles. The van der Waals surface area contributed by atoms with Crippen molar-refractivity contribution in [3.05, 3.63) is 60.3 Å². The number of amides is 1. The first-order valence-electron chi connectivity index (χ1n) is 7.74. The van der Waals surface area contributed by atoms with Crippen molar-refractivity contribution in [3.63, 3.8) is 0 Å². The summed E-state index contributed by atoms with van der Waals surface area (Å²) in [5.74, 6) is -0.0381. The van der Waals surface area contributed by atoms with Crippen molar-refractivity contribution < 1.29 is 13.2 Å². The fourth-order valence-corrected chi connectivity index (χ4v) is 4.71. The average molecular weight is 353 g/mol. The molecular formula is C18H15N3O3S. The number of aromatic nitrogens is 1. The standard InChI is InChI=1S/C18H15N3O3S/c1-12-8-9-19-16(10-12)20-17(22)11-21-14-6-2-4-13-5-3-7-15(18(13)14)25(21,23)24/h2-10H,11H2,1H3,(H,19,20,22). The molecule has 25 heavy (non-hydrogen) atoms. The molecule has 6 nitrogen and oxygen atoms in total. The number of rotatable bonds is 3. The molecule has 0 unspecified atom stereocenters. The third-order valence-electron chi connectivity index (χ3n) is 4.15. The SMILES string of the molecule is Cc1ccnc(NC(=O)CN2c3cccc4cccc(c34)S2(=O)=O)c1. The molecule has 0 aliphatic carbocycles. The molecule has 0 saturated heterocycles. The van der Waals surface area contributed by atoms with Gasteiger partial charge in [-0.05, 0) is 42.1 Å². The first kappa shape index (κ1) is 15.6. The van der Waals surface area contributed by atoms with Crippen LogP contribution in [0.2, 0.25) is 0 Å². The average Bonchev–Trinajstić information content (AvgIpc) is 2.78. The molecular weight excluding hydrogens is 338 g/mol. The Bertz CT molecular complexity index is 1100. The van der Waals surface area contributed by atoms with Crippen LogP contribution in [0.15, 0.2) is 59.6 Å². The highest BCUT2D eigenvalue weighted by molar-refractivity contribution is 7.93. The van der Waals surface area contributed by atoms with Crippen molar-refractivity contribution in [1.29, 1.82) is 0 Å². The van der Waals surface area contributed by atoms with Crippen LogP contribution >= 0.6 is 0 Å². The fraction of sp³-hybridized carbons (Fsp3) is 0.111. The zero-order chi connectivity index (χ0) is 17.6. The fourth-order valence-electron chi connectivity index (χ4n) is 3.05. The Hall–Kier alpha value is -2.93. The van der Waals surface area contributed by atoms with Gasteiger partial charge in [-0.15, -0.1) is 0 Å². The first-order chi connectivity index (χ1) is 12.0. The number of nitrogens with one attached hydrogen (secondary N) is 1. The number of sulfonamides is 1. The van der Waals surface area contributed by atoms with E-state index < -0.39 is 15.9 Å². The molecule has 3 aromatic rings. The van der Waals surface area contributed by atoms with Crippen LogP contribution in [-0.2, 0) is 14.8 Å². The second-order valence-corrected chi connectivity index (χ2v) is 7.74. The van der Waals surface area contributed by atoms with Crippen molar-refractivity contribution in [2.45, 2.75) is 11.8 Å². The lowest BCUT2D eigenvalue weighted by Gasteiger charge is -2.18. The van der Waals surface area contributed by atoms with Gasteiger partial charge in [0.05, 0.1) is 10.6 Å². The monoisotopic (exact) mass is 353 g/mol. The Labute approximate surface area is 145 Å². The van der Waals surface area contributed by atoms with E-state index in [9.17, 15) is 13.2 Å². The van der Waals surface area contributed by atoms with Crippen LogP contribution < -0.4 is 9.62 Å². The van der Waals surface area contributed by atoms with E-state index in [0.29, 0.717) is 16.9 Å². The Morgan fingerprint density at radius 2 is 1.92 bits per heavy atom. The summed E-state index contributed by atoms with van der Waals surface area (Å²) < 4.78 is 26.8. The van der Waals surface area contributed by atoms with E-state index in [1.165, 1.54) is 0 Å². The second-order valence-electron chi connectivity index (χ2n) is 5.91. The number of benzene rings is 2. The van der Waals surface area contributed by atoms with Crippen LogP contribution in [-0.4, -0.2) is 25.9 Å². The van der Waals surface area contributed by atoms with Crippen LogP contribution in [0.4, 0.5) is 11.5 Å². The largest absolute Gasteiger partial charge is 0.309 e. The predicted octanol–water partition coefficient (Wildman–Crippen LogP) is 2.69. The van der Waals surface area contributed by atoms with E-state index in [0.717, 1.165) is 15.3 Å². The minimum atomic E-state index is -3.74. The van der Waals surface area contributed by atoms with Gasteiger partial charge in [-0.1, -0.05) is 24.3 Å². The summed E-state index contributed by atoms with van der Waals surface area (Å²) in [6.07, 6.45) is 1.59. The summed E-state index contributed by atoms with van der Waals surface area (Å²) in [5, 5.41) is 4.14. The summed E-state index contributed by atoms with van der Waals surface area (Å²) in [7, 11) is -3.74. The molecule has 0 radical (unpaired) electrons. The molecule has 0 saturated carbocycles. The lowest BCUT2D eigenvalue weighted by molar-refractivity contribution is -0.114. The molecule has 7 heteroatoms. The number of carbonyl (C=O) groups is 1. The van der Waals surface area contributed by atoms with Crippen molar-refractivity contribution in [2.24, 2.45) is 0 Å². The van der Waals surface area contributed by atoms with Gasteiger partial charge in [0.1, 0.15) is 12.4 Å². The molecule has 0 bridgehead atoms. The Kier molecular flexibility index (Phi) is 3.47. The van der Waals surface area contributed by atoms with Crippen molar-refractivity contribution in [2.75, 3.05) is 16.2 Å². The summed E-state index contributed by atoms with van der Waals surface area (Å²) in [6, 6.07) is 14.0. The van der Waals surface area contributed by atoms with Crippen molar-refractivity contribution >= 4 is 38.2 Å². The molecule has 2 aromatic carbocycles. The molecule has 0 spiro atoms. The molecule has 4 rings (SSSR count). The third kappa shape index (κ3) is 2.53. The van der Waals surface area contributed by atoms with Gasteiger partial charge in [0.2, 0.25) is 5.91 Å². The Balaban J connectivity index is 1.68. The van der Waals surface area contributed by atoms with Crippen LogP contribution in [0, 0.1) is 6.92 Å². The number of pyridine rings is 1. The highest BCUT2D eigenvalue weighted by Crippen LogP contribution is 2.41. The summed E-state index contributed by atoms with van der Waals surface area (Å²) in [5.41, 5.74) is 1.48. The van der Waals surface area contributed by atoms with Gasteiger partial charge >= 0.3 is 0 Å². The number of aryl methyl sites for hydroxylation is 1. The number of hydrogen-bond acceptors (Lipinski definition) is 4. The van der Waals surface area contributed by atoms with E-state index in [1.54, 1.807) is 36.5 Å². The molecule has 1 aromatic heterocycles. The van der Waals surface area contributed by atoms with E-state index in [1.807, 2.05) is 25.1 Å².